The Morgan fingerprint density at radius 1 is 0.966 bits per heavy atom. The Morgan fingerprint density at radius 2 is 1.69 bits per heavy atom. The van der Waals surface area contributed by atoms with E-state index in [1.54, 1.807) is 36.4 Å². The second kappa shape index (κ2) is 9.18. The lowest BCUT2D eigenvalue weighted by Gasteiger charge is -2.21. The van der Waals surface area contributed by atoms with Crippen LogP contribution in [0.25, 0.3) is 0 Å². The van der Waals surface area contributed by atoms with E-state index in [-0.39, 0.29) is 12.3 Å². The van der Waals surface area contributed by atoms with Crippen molar-refractivity contribution >= 4 is 11.9 Å². The fraction of sp³-hybridized carbons (Fsp3) is 0.333. The minimum absolute atomic E-state index is 0.0394. The molecule has 0 fully saturated rings. The van der Waals surface area contributed by atoms with Crippen molar-refractivity contribution in [3.8, 4) is 23.0 Å². The van der Waals surface area contributed by atoms with Gasteiger partial charge in [0.25, 0.3) is 5.91 Å². The Morgan fingerprint density at radius 3 is 2.38 bits per heavy atom. The predicted molar refractivity (Wildman–Crippen MR) is 104 cm³/mol. The Kier molecular flexibility index (Phi) is 6.43. The van der Waals surface area contributed by atoms with E-state index in [9.17, 15) is 9.59 Å². The fourth-order valence-corrected chi connectivity index (χ4v) is 3.00. The summed E-state index contributed by atoms with van der Waals surface area (Å²) in [4.78, 5) is 24.8. The number of amides is 1. The van der Waals surface area contributed by atoms with Crippen LogP contribution < -0.4 is 24.3 Å². The van der Waals surface area contributed by atoms with Crippen LogP contribution in [0.1, 0.15) is 28.4 Å². The standard InChI is InChI=1S/C21H23NO7/c1-25-16-6-4-13(10-18(16)26-2)15(12-20(23)27-3)22-21(24)14-5-7-17-19(11-14)29-9-8-28-17/h4-7,10-11,15H,8-9,12H2,1-3H3,(H,22,24)/t15-/m1/s1. The molecule has 1 heterocycles. The van der Waals surface area contributed by atoms with E-state index in [0.29, 0.717) is 47.3 Å². The van der Waals surface area contributed by atoms with Crippen molar-refractivity contribution in [2.24, 2.45) is 0 Å². The molecule has 2 aromatic rings. The molecule has 8 heteroatoms. The summed E-state index contributed by atoms with van der Waals surface area (Å²) in [5, 5.41) is 2.88. The second-order valence-electron chi connectivity index (χ2n) is 6.28. The molecule has 0 bridgehead atoms. The minimum Gasteiger partial charge on any atom is -0.493 e. The highest BCUT2D eigenvalue weighted by molar-refractivity contribution is 5.95. The van der Waals surface area contributed by atoms with Gasteiger partial charge in [0.15, 0.2) is 23.0 Å². The maximum Gasteiger partial charge on any atom is 0.307 e. The molecule has 0 saturated heterocycles. The van der Waals surface area contributed by atoms with E-state index in [1.807, 2.05) is 0 Å². The van der Waals surface area contributed by atoms with Gasteiger partial charge in [-0.3, -0.25) is 9.59 Å². The molecule has 1 aliphatic heterocycles. The van der Waals surface area contributed by atoms with E-state index in [2.05, 4.69) is 5.32 Å². The van der Waals surface area contributed by atoms with Gasteiger partial charge < -0.3 is 29.0 Å². The van der Waals surface area contributed by atoms with Gasteiger partial charge in [0.2, 0.25) is 0 Å². The normalized spacial score (nSPS) is 13.2. The number of methoxy groups -OCH3 is 3. The van der Waals surface area contributed by atoms with E-state index >= 15 is 0 Å². The number of rotatable bonds is 7. The number of benzene rings is 2. The van der Waals surface area contributed by atoms with Crippen LogP contribution in [0.2, 0.25) is 0 Å². The third-order valence-electron chi connectivity index (χ3n) is 4.52. The van der Waals surface area contributed by atoms with Gasteiger partial charge in [-0.1, -0.05) is 6.07 Å². The molecule has 154 valence electrons. The third kappa shape index (κ3) is 4.71. The van der Waals surface area contributed by atoms with Crippen LogP contribution in [0.4, 0.5) is 0 Å². The van der Waals surface area contributed by atoms with E-state index in [1.165, 1.54) is 21.3 Å². The molecule has 0 saturated carbocycles. The van der Waals surface area contributed by atoms with E-state index in [0.717, 1.165) is 0 Å². The van der Waals surface area contributed by atoms with Crippen LogP contribution in [0.5, 0.6) is 23.0 Å². The van der Waals surface area contributed by atoms with Crippen molar-refractivity contribution in [1.82, 2.24) is 5.32 Å². The Hall–Kier alpha value is -3.42. The van der Waals surface area contributed by atoms with Gasteiger partial charge in [-0.25, -0.2) is 0 Å². The molecule has 0 aromatic heterocycles. The van der Waals surface area contributed by atoms with Gasteiger partial charge in [0, 0.05) is 5.56 Å². The van der Waals surface area contributed by atoms with Crippen LogP contribution in [-0.2, 0) is 9.53 Å². The Bertz CT molecular complexity index is 897. The number of carbonyl (C=O) groups is 2. The van der Waals surface area contributed by atoms with Crippen molar-refractivity contribution in [3.63, 3.8) is 0 Å². The Labute approximate surface area is 168 Å². The maximum atomic E-state index is 12.8. The van der Waals surface area contributed by atoms with Crippen LogP contribution in [0, 0.1) is 0 Å². The molecular weight excluding hydrogens is 378 g/mol. The first-order valence-electron chi connectivity index (χ1n) is 9.05. The van der Waals surface area contributed by atoms with Gasteiger partial charge in [0.1, 0.15) is 13.2 Å². The largest absolute Gasteiger partial charge is 0.493 e. The number of carbonyl (C=O) groups excluding carboxylic acids is 2. The lowest BCUT2D eigenvalue weighted by atomic mass is 10.0. The summed E-state index contributed by atoms with van der Waals surface area (Å²) in [6.45, 7) is 0.897. The number of hydrogen-bond donors (Lipinski definition) is 1. The van der Waals surface area contributed by atoms with Crippen LogP contribution >= 0.6 is 0 Å². The molecule has 8 nitrogen and oxygen atoms in total. The summed E-state index contributed by atoms with van der Waals surface area (Å²) < 4.78 is 26.4. The van der Waals surface area contributed by atoms with Crippen molar-refractivity contribution in [1.29, 1.82) is 0 Å². The van der Waals surface area contributed by atoms with Crippen LogP contribution in [0.15, 0.2) is 36.4 Å². The second-order valence-corrected chi connectivity index (χ2v) is 6.28. The Balaban J connectivity index is 1.85. The van der Waals surface area contributed by atoms with Crippen molar-refractivity contribution in [2.75, 3.05) is 34.5 Å². The lowest BCUT2D eigenvalue weighted by Crippen LogP contribution is -2.30. The first-order chi connectivity index (χ1) is 14.0. The fourth-order valence-electron chi connectivity index (χ4n) is 3.00. The highest BCUT2D eigenvalue weighted by Gasteiger charge is 2.22. The summed E-state index contributed by atoms with van der Waals surface area (Å²) in [6, 6.07) is 9.53. The molecule has 1 atom stereocenters. The minimum atomic E-state index is -0.622. The molecular formula is C21H23NO7. The molecule has 1 N–H and O–H groups in total. The van der Waals surface area contributed by atoms with Crippen LogP contribution in [0.3, 0.4) is 0 Å². The van der Waals surface area contributed by atoms with Crippen molar-refractivity contribution in [3.05, 3.63) is 47.5 Å². The third-order valence-corrected chi connectivity index (χ3v) is 4.52. The number of ether oxygens (including phenoxy) is 5. The quantitative estimate of drug-likeness (QED) is 0.713. The highest BCUT2D eigenvalue weighted by Crippen LogP contribution is 2.33. The number of hydrogen-bond acceptors (Lipinski definition) is 7. The first-order valence-corrected chi connectivity index (χ1v) is 9.05. The topological polar surface area (TPSA) is 92.3 Å². The molecule has 1 aliphatic rings. The highest BCUT2D eigenvalue weighted by atomic mass is 16.6. The van der Waals surface area contributed by atoms with Gasteiger partial charge in [0.05, 0.1) is 33.8 Å². The van der Waals surface area contributed by atoms with E-state index in [4.69, 9.17) is 23.7 Å². The van der Waals surface area contributed by atoms with Gasteiger partial charge in [-0.2, -0.15) is 0 Å². The number of esters is 1. The molecule has 3 rings (SSSR count). The molecule has 29 heavy (non-hydrogen) atoms. The average molecular weight is 401 g/mol. The summed E-state index contributed by atoms with van der Waals surface area (Å²) in [5.41, 5.74) is 1.07. The summed E-state index contributed by atoms with van der Waals surface area (Å²) in [7, 11) is 4.36. The molecule has 0 aliphatic carbocycles. The maximum absolute atomic E-state index is 12.8. The zero-order valence-corrected chi connectivity index (χ0v) is 16.5. The van der Waals surface area contributed by atoms with Crippen molar-refractivity contribution in [2.45, 2.75) is 12.5 Å². The SMILES string of the molecule is COC(=O)C[C@@H](NC(=O)c1ccc2c(c1)OCCO2)c1ccc(OC)c(OC)c1. The smallest absolute Gasteiger partial charge is 0.307 e. The molecule has 1 amide bonds. The number of nitrogens with one attached hydrogen (secondary N) is 1. The molecule has 0 spiro atoms. The predicted octanol–water partition coefficient (Wildman–Crippen LogP) is 2.51. The first kappa shape index (κ1) is 20.3. The molecule has 0 radical (unpaired) electrons. The summed E-state index contributed by atoms with van der Waals surface area (Å²) in [5.74, 6) is 1.34. The molecule has 0 unspecified atom stereocenters. The zero-order valence-electron chi connectivity index (χ0n) is 16.5. The van der Waals surface area contributed by atoms with Gasteiger partial charge in [-0.15, -0.1) is 0 Å². The number of fused-ring (bicyclic) bond motifs is 1. The summed E-state index contributed by atoms with van der Waals surface area (Å²) in [6.07, 6.45) is -0.0394. The lowest BCUT2D eigenvalue weighted by molar-refractivity contribution is -0.141. The average Bonchev–Trinajstić information content (AvgIpc) is 2.77. The van der Waals surface area contributed by atoms with E-state index < -0.39 is 12.0 Å². The molecule has 2 aromatic carbocycles. The monoisotopic (exact) mass is 401 g/mol. The van der Waals surface area contributed by atoms with Gasteiger partial charge in [-0.05, 0) is 35.9 Å². The summed E-state index contributed by atoms with van der Waals surface area (Å²) >= 11 is 0. The van der Waals surface area contributed by atoms with Crippen LogP contribution in [-0.4, -0.2) is 46.4 Å². The zero-order chi connectivity index (χ0) is 20.8. The van der Waals surface area contributed by atoms with Gasteiger partial charge >= 0.3 is 5.97 Å². The van der Waals surface area contributed by atoms with Crippen molar-refractivity contribution < 1.29 is 33.3 Å².